The quantitative estimate of drug-likeness (QED) is 0.403. The number of para-hydroxylation sites is 1. The Morgan fingerprint density at radius 1 is 1.06 bits per heavy atom. The van der Waals surface area contributed by atoms with Crippen LogP contribution in [0.15, 0.2) is 76.6 Å². The van der Waals surface area contributed by atoms with E-state index >= 15 is 0 Å². The number of aromatic nitrogens is 4. The van der Waals surface area contributed by atoms with E-state index in [0.29, 0.717) is 24.7 Å². The van der Waals surface area contributed by atoms with Crippen LogP contribution in [0, 0.1) is 6.92 Å². The summed E-state index contributed by atoms with van der Waals surface area (Å²) in [5, 5.41) is 8.89. The fourth-order valence-corrected chi connectivity index (χ4v) is 3.69. The molecule has 4 rings (SSSR count). The monoisotopic (exact) mass is 449 g/mol. The van der Waals surface area contributed by atoms with E-state index < -0.39 is 0 Å². The van der Waals surface area contributed by atoms with E-state index in [1.165, 1.54) is 22.4 Å². The van der Waals surface area contributed by atoms with Crippen LogP contribution in [0.25, 0.3) is 16.9 Å². The fourth-order valence-electron chi connectivity index (χ4n) is 3.47. The highest BCUT2D eigenvalue weighted by atomic mass is 35.5. The third-order valence-corrected chi connectivity index (χ3v) is 5.50. The van der Waals surface area contributed by atoms with Crippen LogP contribution in [0.5, 0.6) is 0 Å². The molecule has 2 aromatic carbocycles. The number of aryl methyl sites for hydroxylation is 2. The highest BCUT2D eigenvalue weighted by molar-refractivity contribution is 6.32. The van der Waals surface area contributed by atoms with Gasteiger partial charge in [-0.15, -0.1) is 0 Å². The molecule has 0 spiro atoms. The lowest BCUT2D eigenvalue weighted by atomic mass is 10.1. The number of rotatable bonds is 8. The largest absolute Gasteiger partial charge is 0.328 e. The van der Waals surface area contributed by atoms with Crippen molar-refractivity contribution >= 4 is 11.6 Å². The average molecular weight is 450 g/mol. The van der Waals surface area contributed by atoms with Crippen LogP contribution < -0.4 is 16.6 Å². The van der Waals surface area contributed by atoms with E-state index in [-0.39, 0.29) is 11.2 Å². The molecule has 0 unspecified atom stereocenters. The normalized spacial score (nSPS) is 11.1. The summed E-state index contributed by atoms with van der Waals surface area (Å²) in [4.78, 5) is 25.2. The van der Waals surface area contributed by atoms with Crippen molar-refractivity contribution in [2.24, 2.45) is 0 Å². The van der Waals surface area contributed by atoms with Crippen LogP contribution >= 0.6 is 11.6 Å². The van der Waals surface area contributed by atoms with E-state index in [4.69, 9.17) is 16.7 Å². The second-order valence-corrected chi connectivity index (χ2v) is 8.01. The summed E-state index contributed by atoms with van der Waals surface area (Å²) in [5.74, 6) is 0. The Balaban J connectivity index is 1.49. The Kier molecular flexibility index (Phi) is 6.68. The lowest BCUT2D eigenvalue weighted by Crippen LogP contribution is -2.29. The van der Waals surface area contributed by atoms with E-state index in [9.17, 15) is 9.59 Å². The number of H-pyrrole nitrogens is 1. The van der Waals surface area contributed by atoms with Crippen molar-refractivity contribution in [1.82, 2.24) is 24.6 Å². The molecule has 0 bridgehead atoms. The van der Waals surface area contributed by atoms with Crippen molar-refractivity contribution in [2.75, 3.05) is 6.54 Å². The fraction of sp³-hybridized carbons (Fsp3) is 0.208. The summed E-state index contributed by atoms with van der Waals surface area (Å²) in [7, 11) is 0. The lowest BCUT2D eigenvalue weighted by Gasteiger charge is -2.07. The van der Waals surface area contributed by atoms with Gasteiger partial charge in [-0.05, 0) is 32.0 Å². The summed E-state index contributed by atoms with van der Waals surface area (Å²) in [6, 6.07) is 17.3. The molecule has 0 radical (unpaired) electrons. The number of benzene rings is 2. The minimum Gasteiger partial charge on any atom is -0.312 e. The molecule has 32 heavy (non-hydrogen) atoms. The first kappa shape index (κ1) is 21.8. The van der Waals surface area contributed by atoms with Crippen LogP contribution in [-0.2, 0) is 13.1 Å². The zero-order valence-electron chi connectivity index (χ0n) is 17.7. The first-order chi connectivity index (χ1) is 15.5. The Bertz CT molecular complexity index is 1320. The summed E-state index contributed by atoms with van der Waals surface area (Å²) < 4.78 is 3.31. The second-order valence-electron chi connectivity index (χ2n) is 7.60. The first-order valence-electron chi connectivity index (χ1n) is 10.4. The van der Waals surface area contributed by atoms with Crippen LogP contribution in [0.1, 0.15) is 17.5 Å². The van der Waals surface area contributed by atoms with Gasteiger partial charge in [0.15, 0.2) is 0 Å². The van der Waals surface area contributed by atoms with Gasteiger partial charge in [-0.1, -0.05) is 53.6 Å². The maximum atomic E-state index is 11.8. The summed E-state index contributed by atoms with van der Waals surface area (Å²) in [6.07, 6.45) is 4.25. The molecule has 0 saturated heterocycles. The van der Waals surface area contributed by atoms with Crippen molar-refractivity contribution in [3.05, 3.63) is 104 Å². The number of hydrogen-bond acceptors (Lipinski definition) is 4. The minimum absolute atomic E-state index is 0.386. The number of hydrogen-bond donors (Lipinski definition) is 2. The lowest BCUT2D eigenvalue weighted by molar-refractivity contribution is 0.561. The van der Waals surface area contributed by atoms with Crippen molar-refractivity contribution in [1.29, 1.82) is 0 Å². The Morgan fingerprint density at radius 2 is 1.84 bits per heavy atom. The topological polar surface area (TPSA) is 84.7 Å². The van der Waals surface area contributed by atoms with E-state index in [2.05, 4.69) is 41.5 Å². The standard InChI is InChI=1S/C24H24ClN5O2/c1-17-7-9-18(10-8-17)23-19(16-30(28-23)21-6-3-2-5-20(21)25)15-26-12-4-13-29-14-11-22(31)27-24(29)32/h2-3,5-11,14,16,26H,4,12-13,15H2,1H3,(H,27,31,32). The maximum absolute atomic E-state index is 11.8. The Labute approximate surface area is 190 Å². The Morgan fingerprint density at radius 3 is 2.59 bits per heavy atom. The summed E-state index contributed by atoms with van der Waals surface area (Å²) in [6.45, 7) is 3.90. The number of nitrogens with one attached hydrogen (secondary N) is 2. The molecule has 2 heterocycles. The molecule has 0 saturated carbocycles. The zero-order valence-corrected chi connectivity index (χ0v) is 18.5. The van der Waals surface area contributed by atoms with Crippen LogP contribution in [-0.4, -0.2) is 25.9 Å². The number of nitrogens with zero attached hydrogens (tertiary/aromatic N) is 3. The van der Waals surface area contributed by atoms with Crippen molar-refractivity contribution < 1.29 is 0 Å². The zero-order chi connectivity index (χ0) is 22.5. The molecule has 4 aromatic rings. The third kappa shape index (κ3) is 5.07. The van der Waals surface area contributed by atoms with Crippen molar-refractivity contribution in [3.63, 3.8) is 0 Å². The molecular formula is C24H24ClN5O2. The molecule has 0 aliphatic rings. The van der Waals surface area contributed by atoms with E-state index in [1.54, 1.807) is 0 Å². The van der Waals surface area contributed by atoms with Gasteiger partial charge in [0.2, 0.25) is 0 Å². The number of halogens is 1. The van der Waals surface area contributed by atoms with Gasteiger partial charge in [0.25, 0.3) is 5.56 Å². The van der Waals surface area contributed by atoms with Gasteiger partial charge in [0, 0.05) is 42.7 Å². The average Bonchev–Trinajstić information content (AvgIpc) is 3.19. The maximum Gasteiger partial charge on any atom is 0.328 e. The van der Waals surface area contributed by atoms with E-state index in [1.807, 2.05) is 35.1 Å². The van der Waals surface area contributed by atoms with E-state index in [0.717, 1.165) is 28.9 Å². The highest BCUT2D eigenvalue weighted by Crippen LogP contribution is 2.26. The molecule has 0 fully saturated rings. The smallest absolute Gasteiger partial charge is 0.312 e. The molecule has 2 N–H and O–H groups in total. The molecular weight excluding hydrogens is 426 g/mol. The van der Waals surface area contributed by atoms with Gasteiger partial charge in [-0.25, -0.2) is 9.48 Å². The van der Waals surface area contributed by atoms with Crippen molar-refractivity contribution in [2.45, 2.75) is 26.4 Å². The molecule has 0 aliphatic heterocycles. The van der Waals surface area contributed by atoms with Gasteiger partial charge >= 0.3 is 5.69 Å². The minimum atomic E-state index is -0.389. The molecule has 0 aliphatic carbocycles. The van der Waals surface area contributed by atoms with Gasteiger partial charge in [0.05, 0.1) is 16.4 Å². The van der Waals surface area contributed by atoms with Crippen LogP contribution in [0.4, 0.5) is 0 Å². The van der Waals surface area contributed by atoms with Crippen molar-refractivity contribution in [3.8, 4) is 16.9 Å². The number of aromatic amines is 1. The molecule has 0 atom stereocenters. The molecule has 8 heteroatoms. The third-order valence-electron chi connectivity index (χ3n) is 5.18. The SMILES string of the molecule is Cc1ccc(-c2nn(-c3ccccc3Cl)cc2CNCCCn2ccc(=O)[nH]c2=O)cc1. The first-order valence-corrected chi connectivity index (χ1v) is 10.8. The molecule has 7 nitrogen and oxygen atoms in total. The second kappa shape index (κ2) is 9.80. The molecule has 2 aromatic heterocycles. The molecule has 164 valence electrons. The summed E-state index contributed by atoms with van der Waals surface area (Å²) >= 11 is 6.39. The summed E-state index contributed by atoms with van der Waals surface area (Å²) in [5.41, 5.74) is 4.23. The predicted octanol–water partition coefficient (Wildman–Crippen LogP) is 3.53. The molecule has 0 amide bonds. The van der Waals surface area contributed by atoms with Gasteiger partial charge in [-0.3, -0.25) is 9.78 Å². The van der Waals surface area contributed by atoms with Crippen LogP contribution in [0.3, 0.4) is 0 Å². The van der Waals surface area contributed by atoms with Gasteiger partial charge < -0.3 is 9.88 Å². The highest BCUT2D eigenvalue weighted by Gasteiger charge is 2.13. The predicted molar refractivity (Wildman–Crippen MR) is 126 cm³/mol. The van der Waals surface area contributed by atoms with Gasteiger partial charge in [0.1, 0.15) is 0 Å². The Hall–Kier alpha value is -3.42. The van der Waals surface area contributed by atoms with Crippen LogP contribution in [0.2, 0.25) is 5.02 Å². The van der Waals surface area contributed by atoms with Gasteiger partial charge in [-0.2, -0.15) is 5.10 Å².